The van der Waals surface area contributed by atoms with E-state index in [1.54, 1.807) is 6.08 Å². The van der Waals surface area contributed by atoms with Crippen LogP contribution in [0.4, 0.5) is 0 Å². The van der Waals surface area contributed by atoms with Gasteiger partial charge in [-0.3, -0.25) is 0 Å². The second-order valence-electron chi connectivity index (χ2n) is 3.14. The number of rotatable bonds is 1. The molecule has 0 heterocycles. The molecule has 0 atom stereocenters. The molecule has 2 nitrogen and oxygen atoms in total. The highest BCUT2D eigenvalue weighted by atomic mass is 35.7. The number of hydrogen-bond acceptors (Lipinski definition) is 2. The largest absolute Gasteiger partial charge is 0.254 e. The van der Waals surface area contributed by atoms with Crippen LogP contribution in [-0.4, -0.2) is 8.42 Å². The van der Waals surface area contributed by atoms with Gasteiger partial charge in [0.2, 0.25) is 0 Å². The van der Waals surface area contributed by atoms with Crippen molar-refractivity contribution in [2.45, 2.75) is 20.8 Å². The van der Waals surface area contributed by atoms with E-state index in [0.717, 1.165) is 5.41 Å². The number of allylic oxidation sites excluding steroid dienone is 1. The van der Waals surface area contributed by atoms with Crippen LogP contribution in [0.15, 0.2) is 11.5 Å². The minimum absolute atomic E-state index is 0.137. The lowest BCUT2D eigenvalue weighted by Gasteiger charge is -2.09. The molecule has 0 aromatic rings. The first-order valence-electron chi connectivity index (χ1n) is 2.85. The normalized spacial score (nSPS) is 14.4. The molecule has 60 valence electrons. The summed E-state index contributed by atoms with van der Waals surface area (Å²) in [4.78, 5) is 0. The zero-order valence-corrected chi connectivity index (χ0v) is 7.83. The van der Waals surface area contributed by atoms with E-state index in [2.05, 4.69) is 0 Å². The van der Waals surface area contributed by atoms with E-state index in [9.17, 15) is 8.42 Å². The van der Waals surface area contributed by atoms with Crippen molar-refractivity contribution in [1.29, 1.82) is 0 Å². The highest BCUT2D eigenvalue weighted by molar-refractivity contribution is 8.16. The van der Waals surface area contributed by atoms with Gasteiger partial charge in [-0.2, -0.15) is 0 Å². The van der Waals surface area contributed by atoms with Crippen molar-refractivity contribution in [3.8, 4) is 0 Å². The van der Waals surface area contributed by atoms with Gasteiger partial charge in [-0.25, -0.2) is 8.42 Å². The molecule has 0 N–H and O–H groups in total. The van der Waals surface area contributed by atoms with Gasteiger partial charge in [0.25, 0.3) is 9.05 Å². The quantitative estimate of drug-likeness (QED) is 0.583. The van der Waals surface area contributed by atoms with Crippen LogP contribution in [0.1, 0.15) is 20.8 Å². The third-order valence-corrected chi connectivity index (χ3v) is 1.50. The Morgan fingerprint density at radius 1 is 1.30 bits per heavy atom. The molecular weight excluding hydrogens is 172 g/mol. The Labute approximate surface area is 66.3 Å². The van der Waals surface area contributed by atoms with Crippen LogP contribution in [0, 0.1) is 5.41 Å². The first kappa shape index (κ1) is 9.98. The van der Waals surface area contributed by atoms with E-state index in [1.165, 1.54) is 0 Å². The summed E-state index contributed by atoms with van der Waals surface area (Å²) in [5, 5.41) is 1.01. The fourth-order valence-corrected chi connectivity index (χ4v) is 1.01. The van der Waals surface area contributed by atoms with Crippen molar-refractivity contribution >= 4 is 19.7 Å². The number of hydrogen-bond donors (Lipinski definition) is 0. The zero-order valence-electron chi connectivity index (χ0n) is 6.26. The molecule has 4 heteroatoms. The van der Waals surface area contributed by atoms with Gasteiger partial charge >= 0.3 is 0 Å². The minimum Gasteiger partial charge on any atom is -0.208 e. The molecule has 0 aromatic heterocycles. The van der Waals surface area contributed by atoms with Gasteiger partial charge in [-0.15, -0.1) is 0 Å². The van der Waals surface area contributed by atoms with Crippen LogP contribution in [0.5, 0.6) is 0 Å². The number of halogens is 1. The second-order valence-corrected chi connectivity index (χ2v) is 5.66. The highest BCUT2D eigenvalue weighted by Crippen LogP contribution is 2.16. The van der Waals surface area contributed by atoms with Gasteiger partial charge in [0.05, 0.1) is 0 Å². The minimum atomic E-state index is -3.47. The Hall–Kier alpha value is -0.0200. The molecule has 0 saturated heterocycles. The summed E-state index contributed by atoms with van der Waals surface area (Å²) < 4.78 is 20.7. The van der Waals surface area contributed by atoms with Gasteiger partial charge in [0, 0.05) is 16.1 Å². The van der Waals surface area contributed by atoms with Gasteiger partial charge in [0.1, 0.15) is 0 Å². The molecule has 0 aliphatic carbocycles. The van der Waals surface area contributed by atoms with E-state index in [-0.39, 0.29) is 5.41 Å². The zero-order chi connectivity index (χ0) is 8.41. The molecular formula is C6H11ClO2S. The third kappa shape index (κ3) is 7.98. The van der Waals surface area contributed by atoms with Crippen molar-refractivity contribution in [2.24, 2.45) is 5.41 Å². The van der Waals surface area contributed by atoms with E-state index >= 15 is 0 Å². The highest BCUT2D eigenvalue weighted by Gasteiger charge is 2.06. The van der Waals surface area contributed by atoms with Crippen molar-refractivity contribution in [3.63, 3.8) is 0 Å². The van der Waals surface area contributed by atoms with Crippen LogP contribution in [-0.2, 0) is 9.05 Å². The van der Waals surface area contributed by atoms with E-state index in [1.807, 2.05) is 20.8 Å². The summed E-state index contributed by atoms with van der Waals surface area (Å²) in [5.41, 5.74) is -0.137. The van der Waals surface area contributed by atoms with Crippen molar-refractivity contribution in [3.05, 3.63) is 11.5 Å². The Morgan fingerprint density at radius 2 is 1.70 bits per heavy atom. The molecule has 0 saturated carbocycles. The molecule has 0 bridgehead atoms. The van der Waals surface area contributed by atoms with Crippen molar-refractivity contribution < 1.29 is 8.42 Å². The molecule has 0 unspecified atom stereocenters. The maximum atomic E-state index is 10.4. The Balaban J connectivity index is 4.31. The monoisotopic (exact) mass is 182 g/mol. The Bertz CT molecular complexity index is 221. The van der Waals surface area contributed by atoms with E-state index in [0.29, 0.717) is 0 Å². The van der Waals surface area contributed by atoms with E-state index in [4.69, 9.17) is 10.7 Å². The second kappa shape index (κ2) is 2.93. The lowest BCUT2D eigenvalue weighted by Crippen LogP contribution is -1.99. The topological polar surface area (TPSA) is 34.1 Å². The average Bonchev–Trinajstić information content (AvgIpc) is 1.57. The summed E-state index contributed by atoms with van der Waals surface area (Å²) in [6.45, 7) is 5.68. The fourth-order valence-electron chi connectivity index (χ4n) is 0.285. The average molecular weight is 183 g/mol. The van der Waals surface area contributed by atoms with Crippen LogP contribution < -0.4 is 0 Å². The predicted molar refractivity (Wildman–Crippen MR) is 43.4 cm³/mol. The Kier molecular flexibility index (Phi) is 2.92. The van der Waals surface area contributed by atoms with Gasteiger partial charge < -0.3 is 0 Å². The smallest absolute Gasteiger partial charge is 0.208 e. The third-order valence-electron chi connectivity index (χ3n) is 0.731. The standard InChI is InChI=1S/C6H11ClO2S/c1-6(2,3)4-5-10(7,8)9/h4-5H,1-3H3/b5-4-. The Morgan fingerprint density at radius 3 is 1.80 bits per heavy atom. The van der Waals surface area contributed by atoms with Gasteiger partial charge in [-0.05, 0) is 5.41 Å². The van der Waals surface area contributed by atoms with Crippen molar-refractivity contribution in [1.82, 2.24) is 0 Å². The van der Waals surface area contributed by atoms with Crippen LogP contribution in [0.3, 0.4) is 0 Å². The maximum absolute atomic E-state index is 10.4. The van der Waals surface area contributed by atoms with Crippen LogP contribution >= 0.6 is 10.7 Å². The molecule has 0 aliphatic heterocycles. The van der Waals surface area contributed by atoms with Gasteiger partial charge in [-0.1, -0.05) is 26.8 Å². The molecule has 0 radical (unpaired) electrons. The van der Waals surface area contributed by atoms with Crippen LogP contribution in [0.25, 0.3) is 0 Å². The van der Waals surface area contributed by atoms with Crippen molar-refractivity contribution in [2.75, 3.05) is 0 Å². The first-order valence-corrected chi connectivity index (χ1v) is 5.22. The molecule has 0 rings (SSSR count). The molecule has 0 fully saturated rings. The lowest BCUT2D eigenvalue weighted by atomic mass is 9.98. The van der Waals surface area contributed by atoms with E-state index < -0.39 is 9.05 Å². The predicted octanol–water partition coefficient (Wildman–Crippen LogP) is 2.11. The SMILES string of the molecule is CC(C)(C)/C=C\S(=O)(=O)Cl. The molecule has 0 spiro atoms. The maximum Gasteiger partial charge on any atom is 0.254 e. The summed E-state index contributed by atoms with van der Waals surface area (Å²) in [6, 6.07) is 0. The summed E-state index contributed by atoms with van der Waals surface area (Å²) >= 11 is 0. The summed E-state index contributed by atoms with van der Waals surface area (Å²) in [7, 11) is 1.46. The van der Waals surface area contributed by atoms with Gasteiger partial charge in [0.15, 0.2) is 0 Å². The molecule has 0 aliphatic rings. The summed E-state index contributed by atoms with van der Waals surface area (Å²) in [5.74, 6) is 0. The summed E-state index contributed by atoms with van der Waals surface area (Å²) in [6.07, 6.45) is 1.55. The fraction of sp³-hybridized carbons (Fsp3) is 0.667. The molecule has 10 heavy (non-hydrogen) atoms. The lowest BCUT2D eigenvalue weighted by molar-refractivity contribution is 0.544. The molecule has 0 aromatic carbocycles. The molecule has 0 amide bonds. The van der Waals surface area contributed by atoms with Crippen LogP contribution in [0.2, 0.25) is 0 Å². The first-order chi connectivity index (χ1) is 4.21.